The Kier molecular flexibility index (Phi) is 4.79. The highest BCUT2D eigenvalue weighted by Gasteiger charge is 2.55. The van der Waals surface area contributed by atoms with Gasteiger partial charge in [0.25, 0.3) is 0 Å². The molecule has 4 rings (SSSR count). The van der Waals surface area contributed by atoms with E-state index in [9.17, 15) is 4.79 Å². The van der Waals surface area contributed by atoms with Gasteiger partial charge in [-0.3, -0.25) is 4.79 Å². The zero-order valence-corrected chi connectivity index (χ0v) is 16.6. The largest absolute Gasteiger partial charge is 0.497 e. The Morgan fingerprint density at radius 1 is 0.857 bits per heavy atom. The lowest BCUT2D eigenvalue weighted by molar-refractivity contribution is -0.131. The number of ether oxygens (including phenoxy) is 4. The van der Waals surface area contributed by atoms with Crippen LogP contribution in [0.15, 0.2) is 36.4 Å². The van der Waals surface area contributed by atoms with E-state index >= 15 is 0 Å². The lowest BCUT2D eigenvalue weighted by Gasteiger charge is -2.48. The third-order valence-corrected chi connectivity index (χ3v) is 5.66. The van der Waals surface area contributed by atoms with Crippen LogP contribution < -0.4 is 23.8 Å². The van der Waals surface area contributed by atoms with E-state index in [0.29, 0.717) is 23.2 Å². The summed E-state index contributed by atoms with van der Waals surface area (Å²) in [5.41, 5.74) is 1.85. The second kappa shape index (κ2) is 7.26. The van der Waals surface area contributed by atoms with Gasteiger partial charge in [-0.15, -0.1) is 0 Å². The first-order valence-corrected chi connectivity index (χ1v) is 9.40. The Morgan fingerprint density at radius 3 is 1.93 bits per heavy atom. The van der Waals surface area contributed by atoms with Crippen LogP contribution in [-0.4, -0.2) is 34.3 Å². The summed E-state index contributed by atoms with van der Waals surface area (Å²) >= 11 is 0. The Morgan fingerprint density at radius 2 is 1.46 bits per heavy atom. The molecule has 2 aromatic carbocycles. The molecule has 1 saturated carbocycles. The van der Waals surface area contributed by atoms with E-state index in [0.717, 1.165) is 29.8 Å². The minimum atomic E-state index is -0.00582. The highest BCUT2D eigenvalue weighted by Crippen LogP contribution is 2.55. The summed E-state index contributed by atoms with van der Waals surface area (Å²) in [5, 5.41) is 0. The third-order valence-electron chi connectivity index (χ3n) is 5.66. The molecule has 2 aliphatic rings. The number of carbonyl (C=O) groups excluding carboxylic acids is 1. The molecule has 2 atom stereocenters. The Labute approximate surface area is 165 Å². The first-order chi connectivity index (χ1) is 13.6. The van der Waals surface area contributed by atoms with Gasteiger partial charge in [0.2, 0.25) is 11.7 Å². The first-order valence-electron chi connectivity index (χ1n) is 9.40. The fourth-order valence-corrected chi connectivity index (χ4v) is 4.08. The van der Waals surface area contributed by atoms with E-state index in [1.165, 1.54) is 0 Å². The van der Waals surface area contributed by atoms with Crippen LogP contribution in [0, 0.1) is 11.8 Å². The average molecular weight is 383 g/mol. The molecular weight excluding hydrogens is 358 g/mol. The second-order valence-corrected chi connectivity index (χ2v) is 7.17. The molecule has 0 N–H and O–H groups in total. The molecular formula is C22H25NO5. The topological polar surface area (TPSA) is 57.2 Å². The van der Waals surface area contributed by atoms with Gasteiger partial charge in [0.05, 0.1) is 46.1 Å². The molecule has 2 fully saturated rings. The lowest BCUT2D eigenvalue weighted by atomic mass is 9.78. The van der Waals surface area contributed by atoms with E-state index < -0.39 is 0 Å². The van der Waals surface area contributed by atoms with Gasteiger partial charge in [-0.2, -0.15) is 0 Å². The van der Waals surface area contributed by atoms with Gasteiger partial charge >= 0.3 is 0 Å². The minimum Gasteiger partial charge on any atom is -0.497 e. The number of carbonyl (C=O) groups is 1. The summed E-state index contributed by atoms with van der Waals surface area (Å²) in [6.07, 6.45) is 2.23. The normalized spacial score (nSPS) is 21.1. The van der Waals surface area contributed by atoms with Gasteiger partial charge in [-0.05, 0) is 36.5 Å². The van der Waals surface area contributed by atoms with Crippen molar-refractivity contribution in [1.29, 1.82) is 0 Å². The molecule has 148 valence electrons. The zero-order valence-electron chi connectivity index (χ0n) is 16.6. The van der Waals surface area contributed by atoms with Crippen molar-refractivity contribution < 1.29 is 23.7 Å². The fourth-order valence-electron chi connectivity index (χ4n) is 4.08. The molecule has 2 aromatic rings. The van der Waals surface area contributed by atoms with Gasteiger partial charge in [0.15, 0.2) is 11.5 Å². The summed E-state index contributed by atoms with van der Waals surface area (Å²) in [6, 6.07) is 11.6. The first kappa shape index (κ1) is 18.5. The lowest BCUT2D eigenvalue weighted by Crippen LogP contribution is -2.56. The molecule has 0 spiro atoms. The predicted molar refractivity (Wildman–Crippen MR) is 106 cm³/mol. The molecule has 1 heterocycles. The van der Waals surface area contributed by atoms with Gasteiger partial charge in [0, 0.05) is 12.1 Å². The van der Waals surface area contributed by atoms with E-state index in [2.05, 4.69) is 0 Å². The van der Waals surface area contributed by atoms with Gasteiger partial charge in [-0.25, -0.2) is 0 Å². The summed E-state index contributed by atoms with van der Waals surface area (Å²) < 4.78 is 21.6. The number of nitrogens with zero attached hydrogens (tertiary/aromatic N) is 1. The van der Waals surface area contributed by atoms with E-state index in [-0.39, 0.29) is 17.9 Å². The number of β-lactam (4-membered cyclic amide) rings is 1. The number of benzene rings is 2. The van der Waals surface area contributed by atoms with Crippen LogP contribution in [0.25, 0.3) is 0 Å². The van der Waals surface area contributed by atoms with Crippen molar-refractivity contribution in [2.45, 2.75) is 18.9 Å². The maximum Gasteiger partial charge on any atom is 0.233 e. The van der Waals surface area contributed by atoms with Crippen LogP contribution in [0.4, 0.5) is 5.69 Å². The molecule has 1 amide bonds. The third kappa shape index (κ3) is 2.93. The molecule has 0 radical (unpaired) electrons. The van der Waals surface area contributed by atoms with Gasteiger partial charge in [0.1, 0.15) is 5.75 Å². The molecule has 0 aromatic heterocycles. The van der Waals surface area contributed by atoms with Crippen molar-refractivity contribution in [2.75, 3.05) is 33.3 Å². The number of anilines is 1. The summed E-state index contributed by atoms with van der Waals surface area (Å²) in [6.45, 7) is 0. The van der Waals surface area contributed by atoms with E-state index in [1.54, 1.807) is 28.4 Å². The van der Waals surface area contributed by atoms with Crippen LogP contribution in [0.2, 0.25) is 0 Å². The standard InChI is InChI=1S/C22H25NO5/c1-25-16-9-7-14(8-10-16)20-19(13-5-6-13)22(24)23(20)15-11-17(26-2)21(28-4)18(12-15)27-3/h7-13,19-20H,5-6H2,1-4H3. The molecule has 1 aliphatic heterocycles. The van der Waals surface area contributed by atoms with Crippen molar-refractivity contribution in [1.82, 2.24) is 0 Å². The monoisotopic (exact) mass is 383 g/mol. The Bertz CT molecular complexity index is 850. The number of methoxy groups -OCH3 is 4. The smallest absolute Gasteiger partial charge is 0.233 e. The summed E-state index contributed by atoms with van der Waals surface area (Å²) in [5.74, 6) is 3.03. The molecule has 28 heavy (non-hydrogen) atoms. The van der Waals surface area contributed by atoms with Crippen molar-refractivity contribution in [2.24, 2.45) is 11.8 Å². The van der Waals surface area contributed by atoms with Crippen LogP contribution in [0.3, 0.4) is 0 Å². The Hall–Kier alpha value is -2.89. The molecule has 1 aliphatic carbocycles. The van der Waals surface area contributed by atoms with Crippen molar-refractivity contribution in [3.05, 3.63) is 42.0 Å². The van der Waals surface area contributed by atoms with E-state index in [4.69, 9.17) is 18.9 Å². The van der Waals surface area contributed by atoms with Crippen molar-refractivity contribution in [3.63, 3.8) is 0 Å². The van der Waals surface area contributed by atoms with Gasteiger partial charge < -0.3 is 23.8 Å². The van der Waals surface area contributed by atoms with Crippen molar-refractivity contribution in [3.8, 4) is 23.0 Å². The minimum absolute atomic E-state index is 0.00582. The number of hydrogen-bond donors (Lipinski definition) is 0. The van der Waals surface area contributed by atoms with Crippen molar-refractivity contribution >= 4 is 11.6 Å². The molecule has 2 unspecified atom stereocenters. The fraction of sp³-hybridized carbons (Fsp3) is 0.409. The predicted octanol–water partition coefficient (Wildman–Crippen LogP) is 3.84. The highest BCUT2D eigenvalue weighted by molar-refractivity contribution is 6.04. The van der Waals surface area contributed by atoms with Crippen LogP contribution in [-0.2, 0) is 4.79 Å². The maximum atomic E-state index is 13.1. The highest BCUT2D eigenvalue weighted by atomic mass is 16.5. The number of amides is 1. The van der Waals surface area contributed by atoms with Gasteiger partial charge in [-0.1, -0.05) is 12.1 Å². The molecule has 6 heteroatoms. The van der Waals surface area contributed by atoms with Crippen LogP contribution in [0.1, 0.15) is 24.4 Å². The second-order valence-electron chi connectivity index (χ2n) is 7.17. The average Bonchev–Trinajstić information content (AvgIpc) is 3.55. The SMILES string of the molecule is COc1ccc(C2C(C3CC3)C(=O)N2c2cc(OC)c(OC)c(OC)c2)cc1. The maximum absolute atomic E-state index is 13.1. The summed E-state index contributed by atoms with van der Waals surface area (Å²) in [4.78, 5) is 14.9. The Balaban J connectivity index is 1.75. The molecule has 6 nitrogen and oxygen atoms in total. The quantitative estimate of drug-likeness (QED) is 0.680. The van der Waals surface area contributed by atoms with Crippen LogP contribution >= 0.6 is 0 Å². The zero-order chi connectivity index (χ0) is 19.8. The van der Waals surface area contributed by atoms with Crippen LogP contribution in [0.5, 0.6) is 23.0 Å². The summed E-state index contributed by atoms with van der Waals surface area (Å²) in [7, 11) is 6.37. The number of hydrogen-bond acceptors (Lipinski definition) is 5. The molecule has 1 saturated heterocycles. The van der Waals surface area contributed by atoms with E-state index in [1.807, 2.05) is 41.3 Å². The molecule has 0 bridgehead atoms. The number of rotatable bonds is 7.